The van der Waals surface area contributed by atoms with Crippen molar-refractivity contribution in [1.29, 1.82) is 0 Å². The van der Waals surface area contributed by atoms with E-state index in [0.29, 0.717) is 0 Å². The van der Waals surface area contributed by atoms with Gasteiger partial charge in [0.1, 0.15) is 0 Å². The fourth-order valence-corrected chi connectivity index (χ4v) is 3.93. The number of amides is 1. The Morgan fingerprint density at radius 2 is 1.71 bits per heavy atom. The van der Waals surface area contributed by atoms with Crippen LogP contribution in [0.3, 0.4) is 0 Å². The van der Waals surface area contributed by atoms with Gasteiger partial charge in [0.25, 0.3) is 0 Å². The zero-order valence-electron chi connectivity index (χ0n) is 14.0. The van der Waals surface area contributed by atoms with Crippen LogP contribution in [0, 0.1) is 5.41 Å². The van der Waals surface area contributed by atoms with Gasteiger partial charge < -0.3 is 4.90 Å². The van der Waals surface area contributed by atoms with E-state index in [1.165, 1.54) is 24.9 Å². The molecule has 1 amide bonds. The molecule has 0 fully saturated rings. The summed E-state index contributed by atoms with van der Waals surface area (Å²) < 4.78 is 67.2. The highest BCUT2D eigenvalue weighted by Gasteiger charge is 2.62. The second-order valence-electron chi connectivity index (χ2n) is 6.38. The number of anilines is 1. The molecule has 0 saturated heterocycles. The highest BCUT2D eigenvalue weighted by atomic mass is 19.4. The van der Waals surface area contributed by atoms with E-state index in [1.54, 1.807) is 13.8 Å². The highest BCUT2D eigenvalue weighted by Crippen LogP contribution is 2.57. The van der Waals surface area contributed by atoms with Gasteiger partial charge in [0.05, 0.1) is 11.0 Å². The molecule has 1 aromatic carbocycles. The standard InChI is InChI=1S/C17H20F5NO/c1-5-16(6-2,13(18)19)15(3)11-9-10(17(20,21)22)7-8-12(11)23(4)14(15)24/h7-9,13H,5-6H2,1-4H3. The number of nitrogens with zero attached hydrogens (tertiary/aromatic N) is 1. The molecule has 1 aliphatic rings. The minimum atomic E-state index is -4.61. The molecule has 1 atom stereocenters. The molecule has 0 aromatic heterocycles. The molecule has 0 spiro atoms. The van der Waals surface area contributed by atoms with E-state index in [9.17, 15) is 26.7 Å². The van der Waals surface area contributed by atoms with Gasteiger partial charge in [-0.05, 0) is 43.5 Å². The Hall–Kier alpha value is -1.66. The third-order valence-electron chi connectivity index (χ3n) is 5.63. The number of alkyl halides is 5. The van der Waals surface area contributed by atoms with Gasteiger partial charge in [0.2, 0.25) is 12.3 Å². The summed E-state index contributed by atoms with van der Waals surface area (Å²) in [5, 5.41) is 0. The number of hydrogen-bond acceptors (Lipinski definition) is 1. The average Bonchev–Trinajstić information content (AvgIpc) is 2.70. The number of carbonyl (C=O) groups is 1. The minimum Gasteiger partial charge on any atom is -0.314 e. The molecule has 1 aromatic rings. The maximum atomic E-state index is 14.0. The fraction of sp³-hybridized carbons (Fsp3) is 0.588. The highest BCUT2D eigenvalue weighted by molar-refractivity contribution is 6.08. The molecule has 0 aliphatic carbocycles. The van der Waals surface area contributed by atoms with Crippen LogP contribution >= 0.6 is 0 Å². The van der Waals surface area contributed by atoms with Crippen LogP contribution in [0.15, 0.2) is 18.2 Å². The van der Waals surface area contributed by atoms with Gasteiger partial charge in [-0.1, -0.05) is 13.8 Å². The summed E-state index contributed by atoms with van der Waals surface area (Å²) in [7, 11) is 1.40. The first-order valence-electron chi connectivity index (χ1n) is 7.75. The van der Waals surface area contributed by atoms with Gasteiger partial charge in [-0.2, -0.15) is 13.2 Å². The van der Waals surface area contributed by atoms with Gasteiger partial charge in [-0.3, -0.25) is 4.79 Å². The van der Waals surface area contributed by atoms with E-state index >= 15 is 0 Å². The van der Waals surface area contributed by atoms with Gasteiger partial charge in [0, 0.05) is 18.2 Å². The minimum absolute atomic E-state index is 0.0209. The monoisotopic (exact) mass is 349 g/mol. The lowest BCUT2D eigenvalue weighted by Crippen LogP contribution is -2.53. The Kier molecular flexibility index (Phi) is 4.44. The Morgan fingerprint density at radius 1 is 1.17 bits per heavy atom. The molecule has 1 aliphatic heterocycles. The lowest BCUT2D eigenvalue weighted by molar-refractivity contribution is -0.139. The van der Waals surface area contributed by atoms with Crippen molar-refractivity contribution in [3.8, 4) is 0 Å². The molecule has 1 heterocycles. The first kappa shape index (κ1) is 18.7. The summed E-state index contributed by atoms with van der Waals surface area (Å²) in [5.74, 6) is -0.596. The van der Waals surface area contributed by atoms with Crippen LogP contribution < -0.4 is 4.90 Å². The molecule has 1 unspecified atom stereocenters. The van der Waals surface area contributed by atoms with E-state index in [1.807, 2.05) is 0 Å². The van der Waals surface area contributed by atoms with Crippen molar-refractivity contribution in [3.63, 3.8) is 0 Å². The van der Waals surface area contributed by atoms with Gasteiger partial charge in [0.15, 0.2) is 0 Å². The van der Waals surface area contributed by atoms with Crippen LogP contribution in [-0.4, -0.2) is 19.4 Å². The molecule has 0 N–H and O–H groups in total. The summed E-state index contributed by atoms with van der Waals surface area (Å²) in [6.45, 7) is 4.43. The van der Waals surface area contributed by atoms with Crippen molar-refractivity contribution in [2.24, 2.45) is 5.41 Å². The van der Waals surface area contributed by atoms with E-state index in [4.69, 9.17) is 0 Å². The number of hydrogen-bond donors (Lipinski definition) is 0. The normalized spacial score (nSPS) is 21.6. The quantitative estimate of drug-likeness (QED) is 0.700. The predicted molar refractivity (Wildman–Crippen MR) is 81.2 cm³/mol. The lowest BCUT2D eigenvalue weighted by atomic mass is 9.58. The number of halogens is 5. The van der Waals surface area contributed by atoms with Crippen molar-refractivity contribution >= 4 is 11.6 Å². The topological polar surface area (TPSA) is 20.3 Å². The molecule has 0 bridgehead atoms. The number of likely N-dealkylation sites (N-methyl/N-ethyl adjacent to an activating group) is 1. The number of carbonyl (C=O) groups excluding carboxylic acids is 1. The van der Waals surface area contributed by atoms with Gasteiger partial charge in [-0.15, -0.1) is 0 Å². The molecular formula is C17H20F5NO. The number of fused-ring (bicyclic) bond motifs is 1. The molecule has 2 nitrogen and oxygen atoms in total. The van der Waals surface area contributed by atoms with Crippen LogP contribution in [0.2, 0.25) is 0 Å². The second kappa shape index (κ2) is 5.70. The zero-order chi connectivity index (χ0) is 18.5. The maximum absolute atomic E-state index is 14.0. The second-order valence-corrected chi connectivity index (χ2v) is 6.38. The van der Waals surface area contributed by atoms with Crippen molar-refractivity contribution in [1.82, 2.24) is 0 Å². The average molecular weight is 349 g/mol. The predicted octanol–water partition coefficient (Wildman–Crippen LogP) is 5.01. The molecule has 2 rings (SSSR count). The van der Waals surface area contributed by atoms with Crippen LogP contribution in [0.25, 0.3) is 0 Å². The number of benzene rings is 1. The van der Waals surface area contributed by atoms with Crippen LogP contribution in [0.1, 0.15) is 44.7 Å². The SMILES string of the molecule is CCC(CC)(C(F)F)C1(C)C(=O)N(C)c2ccc(C(F)(F)F)cc21. The Balaban J connectivity index is 2.80. The van der Waals surface area contributed by atoms with Crippen molar-refractivity contribution in [2.45, 2.75) is 51.6 Å². The smallest absolute Gasteiger partial charge is 0.314 e. The summed E-state index contributed by atoms with van der Waals surface area (Å²) in [5.41, 5.74) is -4.11. The Labute approximate surface area is 137 Å². The first-order chi connectivity index (χ1) is 11.0. The van der Waals surface area contributed by atoms with Gasteiger partial charge in [-0.25, -0.2) is 8.78 Å². The third kappa shape index (κ3) is 2.24. The lowest BCUT2D eigenvalue weighted by Gasteiger charge is -2.44. The Morgan fingerprint density at radius 3 is 2.12 bits per heavy atom. The fourth-order valence-electron chi connectivity index (χ4n) is 3.93. The summed E-state index contributed by atoms with van der Waals surface area (Å²) in [4.78, 5) is 14.0. The van der Waals surface area contributed by atoms with Crippen LogP contribution in [0.4, 0.5) is 27.6 Å². The van der Waals surface area contributed by atoms with Gasteiger partial charge >= 0.3 is 6.18 Å². The van der Waals surface area contributed by atoms with Crippen molar-refractivity contribution in [2.75, 3.05) is 11.9 Å². The maximum Gasteiger partial charge on any atom is 0.416 e. The first-order valence-corrected chi connectivity index (χ1v) is 7.75. The van der Waals surface area contributed by atoms with Crippen molar-refractivity contribution in [3.05, 3.63) is 29.3 Å². The largest absolute Gasteiger partial charge is 0.416 e. The van der Waals surface area contributed by atoms with E-state index in [-0.39, 0.29) is 24.1 Å². The summed E-state index contributed by atoms with van der Waals surface area (Å²) in [6.07, 6.45) is -7.48. The number of rotatable bonds is 4. The van der Waals surface area contributed by atoms with E-state index in [0.717, 1.165) is 12.1 Å². The molecule has 134 valence electrons. The van der Waals surface area contributed by atoms with Crippen LogP contribution in [0.5, 0.6) is 0 Å². The molecule has 0 radical (unpaired) electrons. The molecule has 24 heavy (non-hydrogen) atoms. The van der Waals surface area contributed by atoms with E-state index in [2.05, 4.69) is 0 Å². The third-order valence-corrected chi connectivity index (χ3v) is 5.63. The summed E-state index contributed by atoms with van der Waals surface area (Å²) >= 11 is 0. The Bertz CT molecular complexity index is 651. The molecular weight excluding hydrogens is 329 g/mol. The molecule has 7 heteroatoms. The van der Waals surface area contributed by atoms with Crippen LogP contribution in [-0.2, 0) is 16.4 Å². The summed E-state index contributed by atoms with van der Waals surface area (Å²) in [6, 6.07) is 2.90. The van der Waals surface area contributed by atoms with E-state index < -0.39 is 34.9 Å². The molecule has 0 saturated carbocycles. The van der Waals surface area contributed by atoms with Crippen molar-refractivity contribution < 1.29 is 26.7 Å². The zero-order valence-corrected chi connectivity index (χ0v) is 14.0.